The second-order valence-corrected chi connectivity index (χ2v) is 4.33. The third-order valence-corrected chi connectivity index (χ3v) is 2.51. The third kappa shape index (κ3) is 4.93. The molecule has 2 N–H and O–H groups in total. The summed E-state index contributed by atoms with van der Waals surface area (Å²) in [6.45, 7) is 2.64. The number of nitrogens with one attached hydrogen (secondary N) is 2. The number of methoxy groups -OCH3 is 1. The van der Waals surface area contributed by atoms with Crippen molar-refractivity contribution in [2.75, 3.05) is 13.7 Å². The Hall–Kier alpha value is -1.27. The molecule has 0 amide bonds. The van der Waals surface area contributed by atoms with Crippen LogP contribution in [0, 0.1) is 11.6 Å². The predicted molar refractivity (Wildman–Crippen MR) is 70.3 cm³/mol. The fraction of sp³-hybridized carbons (Fsp3) is 0.417. The zero-order valence-electron chi connectivity index (χ0n) is 10.3. The highest BCUT2D eigenvalue weighted by Gasteiger charge is 2.06. The van der Waals surface area contributed by atoms with Crippen LogP contribution in [-0.4, -0.2) is 24.9 Å². The average molecular weight is 274 g/mol. The quantitative estimate of drug-likeness (QED) is 0.804. The van der Waals surface area contributed by atoms with Gasteiger partial charge in [-0.3, -0.25) is 0 Å². The molecular formula is C12H16F2N2OS. The summed E-state index contributed by atoms with van der Waals surface area (Å²) >= 11 is 5.04. The Kier molecular flexibility index (Phi) is 5.94. The molecule has 0 aliphatic heterocycles. The van der Waals surface area contributed by atoms with Crippen molar-refractivity contribution in [3.8, 4) is 0 Å². The van der Waals surface area contributed by atoms with Gasteiger partial charge in [-0.15, -0.1) is 0 Å². The van der Waals surface area contributed by atoms with Gasteiger partial charge in [0.2, 0.25) is 0 Å². The fourth-order valence-corrected chi connectivity index (χ4v) is 1.68. The van der Waals surface area contributed by atoms with Crippen LogP contribution < -0.4 is 10.6 Å². The Labute approximate surface area is 111 Å². The lowest BCUT2D eigenvalue weighted by Crippen LogP contribution is -2.42. The molecule has 100 valence electrons. The molecule has 3 nitrogen and oxygen atoms in total. The maximum absolute atomic E-state index is 13.3. The number of benzene rings is 1. The predicted octanol–water partition coefficient (Wildman–Crippen LogP) is 1.96. The summed E-state index contributed by atoms with van der Waals surface area (Å²) in [5.74, 6) is -1.18. The molecule has 6 heteroatoms. The Morgan fingerprint density at radius 2 is 2.17 bits per heavy atom. The summed E-state index contributed by atoms with van der Waals surface area (Å²) in [6, 6.07) is 3.51. The summed E-state index contributed by atoms with van der Waals surface area (Å²) in [5, 5.41) is 6.24. The van der Waals surface area contributed by atoms with Crippen molar-refractivity contribution in [1.82, 2.24) is 10.6 Å². The number of halogens is 2. The minimum atomic E-state index is -0.592. The van der Waals surface area contributed by atoms with Gasteiger partial charge in [0, 0.05) is 31.3 Å². The molecule has 0 heterocycles. The van der Waals surface area contributed by atoms with E-state index in [4.69, 9.17) is 17.0 Å². The average Bonchev–Trinajstić information content (AvgIpc) is 2.28. The first-order valence-corrected chi connectivity index (χ1v) is 5.91. The number of ether oxygens (including phenoxy) is 1. The number of hydrogen-bond acceptors (Lipinski definition) is 2. The zero-order chi connectivity index (χ0) is 13.5. The van der Waals surface area contributed by atoms with Crippen molar-refractivity contribution in [2.24, 2.45) is 0 Å². The van der Waals surface area contributed by atoms with Gasteiger partial charge in [0.05, 0.1) is 6.61 Å². The molecule has 0 radical (unpaired) electrons. The Morgan fingerprint density at radius 3 is 2.78 bits per heavy atom. The van der Waals surface area contributed by atoms with E-state index in [0.29, 0.717) is 17.3 Å². The Morgan fingerprint density at radius 1 is 1.44 bits per heavy atom. The Balaban J connectivity index is 2.42. The highest BCUT2D eigenvalue weighted by molar-refractivity contribution is 7.80. The molecule has 1 aromatic carbocycles. The van der Waals surface area contributed by atoms with Gasteiger partial charge in [0.1, 0.15) is 11.6 Å². The van der Waals surface area contributed by atoms with Crippen molar-refractivity contribution in [2.45, 2.75) is 19.5 Å². The molecule has 0 bridgehead atoms. The van der Waals surface area contributed by atoms with Crippen molar-refractivity contribution in [3.63, 3.8) is 0 Å². The first-order chi connectivity index (χ1) is 8.52. The van der Waals surface area contributed by atoms with E-state index in [2.05, 4.69) is 10.6 Å². The van der Waals surface area contributed by atoms with Crippen molar-refractivity contribution in [3.05, 3.63) is 35.4 Å². The molecule has 0 spiro atoms. The van der Waals surface area contributed by atoms with Crippen LogP contribution in [0.25, 0.3) is 0 Å². The molecule has 0 saturated carbocycles. The molecule has 1 atom stereocenters. The molecular weight excluding hydrogens is 258 g/mol. The van der Waals surface area contributed by atoms with Crippen LogP contribution in [0.2, 0.25) is 0 Å². The third-order valence-electron chi connectivity index (χ3n) is 2.25. The summed E-state index contributed by atoms with van der Waals surface area (Å²) in [6.07, 6.45) is 0. The topological polar surface area (TPSA) is 33.3 Å². The van der Waals surface area contributed by atoms with Gasteiger partial charge in [-0.1, -0.05) is 6.07 Å². The lowest BCUT2D eigenvalue weighted by Gasteiger charge is -2.16. The summed E-state index contributed by atoms with van der Waals surface area (Å²) < 4.78 is 31.0. The van der Waals surface area contributed by atoms with E-state index in [0.717, 1.165) is 6.07 Å². The normalized spacial score (nSPS) is 12.0. The van der Waals surface area contributed by atoms with Gasteiger partial charge < -0.3 is 15.4 Å². The van der Waals surface area contributed by atoms with Crippen molar-refractivity contribution in [1.29, 1.82) is 0 Å². The second-order valence-electron chi connectivity index (χ2n) is 3.92. The lowest BCUT2D eigenvalue weighted by atomic mass is 10.2. The minimum absolute atomic E-state index is 0.0630. The molecule has 1 unspecified atom stereocenters. The van der Waals surface area contributed by atoms with Crippen LogP contribution >= 0.6 is 12.2 Å². The first kappa shape index (κ1) is 14.8. The van der Waals surface area contributed by atoms with Gasteiger partial charge in [-0.05, 0) is 25.2 Å². The van der Waals surface area contributed by atoms with E-state index in [9.17, 15) is 8.78 Å². The van der Waals surface area contributed by atoms with Crippen LogP contribution in [0.3, 0.4) is 0 Å². The summed E-state index contributed by atoms with van der Waals surface area (Å²) in [5.41, 5.74) is 0.361. The summed E-state index contributed by atoms with van der Waals surface area (Å²) in [4.78, 5) is 0. The highest BCUT2D eigenvalue weighted by Crippen LogP contribution is 2.08. The Bertz CT molecular complexity index is 415. The molecule has 1 rings (SSSR count). The fourth-order valence-electron chi connectivity index (χ4n) is 1.41. The van der Waals surface area contributed by atoms with Crippen molar-refractivity contribution < 1.29 is 13.5 Å². The maximum Gasteiger partial charge on any atom is 0.166 e. The van der Waals surface area contributed by atoms with Crippen LogP contribution in [0.4, 0.5) is 8.78 Å². The van der Waals surface area contributed by atoms with E-state index in [1.807, 2.05) is 6.92 Å². The first-order valence-electron chi connectivity index (χ1n) is 5.50. The van der Waals surface area contributed by atoms with E-state index in [1.54, 1.807) is 7.11 Å². The molecule has 0 fully saturated rings. The number of thiocarbonyl (C=S) groups is 1. The second kappa shape index (κ2) is 7.23. The van der Waals surface area contributed by atoms with Gasteiger partial charge in [-0.2, -0.15) is 0 Å². The van der Waals surface area contributed by atoms with Gasteiger partial charge in [0.15, 0.2) is 5.11 Å². The van der Waals surface area contributed by atoms with Crippen LogP contribution in [0.15, 0.2) is 18.2 Å². The van der Waals surface area contributed by atoms with E-state index in [-0.39, 0.29) is 12.6 Å². The monoisotopic (exact) mass is 274 g/mol. The largest absolute Gasteiger partial charge is 0.383 e. The van der Waals surface area contributed by atoms with E-state index < -0.39 is 11.6 Å². The number of hydrogen-bond donors (Lipinski definition) is 2. The minimum Gasteiger partial charge on any atom is -0.383 e. The molecule has 0 aliphatic rings. The SMILES string of the molecule is COCC(C)NC(=S)NCc1ccc(F)cc1F. The summed E-state index contributed by atoms with van der Waals surface area (Å²) in [7, 11) is 1.60. The lowest BCUT2D eigenvalue weighted by molar-refractivity contribution is 0.179. The smallest absolute Gasteiger partial charge is 0.166 e. The highest BCUT2D eigenvalue weighted by atomic mass is 32.1. The van der Waals surface area contributed by atoms with Crippen molar-refractivity contribution >= 4 is 17.3 Å². The standard InChI is InChI=1S/C12H16F2N2OS/c1-8(7-17-2)16-12(18)15-6-9-3-4-10(13)5-11(9)14/h3-5,8H,6-7H2,1-2H3,(H2,15,16,18). The van der Waals surface area contributed by atoms with Crippen LogP contribution in [0.1, 0.15) is 12.5 Å². The van der Waals surface area contributed by atoms with Gasteiger partial charge >= 0.3 is 0 Å². The molecule has 0 saturated heterocycles. The molecule has 0 aliphatic carbocycles. The van der Waals surface area contributed by atoms with E-state index >= 15 is 0 Å². The van der Waals surface area contributed by atoms with Gasteiger partial charge in [0.25, 0.3) is 0 Å². The zero-order valence-corrected chi connectivity index (χ0v) is 11.1. The van der Waals surface area contributed by atoms with Crippen LogP contribution in [-0.2, 0) is 11.3 Å². The van der Waals surface area contributed by atoms with Gasteiger partial charge in [-0.25, -0.2) is 8.78 Å². The maximum atomic E-state index is 13.3. The van der Waals surface area contributed by atoms with E-state index in [1.165, 1.54) is 12.1 Å². The molecule has 0 aromatic heterocycles. The number of rotatable bonds is 5. The molecule has 1 aromatic rings. The molecule has 18 heavy (non-hydrogen) atoms. The van der Waals surface area contributed by atoms with Crippen LogP contribution in [0.5, 0.6) is 0 Å².